The summed E-state index contributed by atoms with van der Waals surface area (Å²) in [4.78, 5) is 5.88. The van der Waals surface area contributed by atoms with Crippen LogP contribution in [0.3, 0.4) is 0 Å². The van der Waals surface area contributed by atoms with E-state index in [9.17, 15) is 13.2 Å². The van der Waals surface area contributed by atoms with Gasteiger partial charge in [0.15, 0.2) is 5.96 Å². The van der Waals surface area contributed by atoms with Gasteiger partial charge in [0.1, 0.15) is 0 Å². The van der Waals surface area contributed by atoms with Gasteiger partial charge >= 0.3 is 6.18 Å². The van der Waals surface area contributed by atoms with Crippen LogP contribution in [0.1, 0.15) is 44.4 Å². The Morgan fingerprint density at radius 1 is 1.42 bits per heavy atom. The van der Waals surface area contributed by atoms with Gasteiger partial charge in [-0.25, -0.2) is 0 Å². The van der Waals surface area contributed by atoms with Crippen LogP contribution in [0.25, 0.3) is 0 Å². The quantitative estimate of drug-likeness (QED) is 0.401. The van der Waals surface area contributed by atoms with E-state index in [0.29, 0.717) is 19.0 Å². The van der Waals surface area contributed by atoms with Gasteiger partial charge in [-0.1, -0.05) is 13.8 Å². The smallest absolute Gasteiger partial charge is 0.357 e. The Morgan fingerprint density at radius 3 is 2.54 bits per heavy atom. The van der Waals surface area contributed by atoms with Crippen LogP contribution in [0.5, 0.6) is 0 Å². The van der Waals surface area contributed by atoms with Gasteiger partial charge in [-0.15, -0.1) is 24.0 Å². The highest BCUT2D eigenvalue weighted by molar-refractivity contribution is 14.0. The van der Waals surface area contributed by atoms with Crippen molar-refractivity contribution in [2.45, 2.75) is 45.8 Å². The number of alkyl halides is 3. The molecule has 0 bridgehead atoms. The molecule has 0 spiro atoms. The Kier molecular flexibility index (Phi) is 9.68. The summed E-state index contributed by atoms with van der Waals surface area (Å²) in [7, 11) is 3.67. The average molecular weight is 461 g/mol. The van der Waals surface area contributed by atoms with Crippen LogP contribution in [-0.4, -0.2) is 47.0 Å². The van der Waals surface area contributed by atoms with E-state index in [4.69, 9.17) is 0 Å². The molecule has 1 aromatic rings. The van der Waals surface area contributed by atoms with Crippen LogP contribution < -0.4 is 5.32 Å². The lowest BCUT2D eigenvalue weighted by molar-refractivity contribution is -0.132. The first kappa shape index (κ1) is 23.0. The van der Waals surface area contributed by atoms with Crippen molar-refractivity contribution in [3.63, 3.8) is 0 Å². The fourth-order valence-electron chi connectivity index (χ4n) is 2.25. The van der Waals surface area contributed by atoms with Gasteiger partial charge in [-0.05, 0) is 12.8 Å². The molecular formula is C15H27F3IN5. The average Bonchev–Trinajstić information content (AvgIpc) is 2.77. The van der Waals surface area contributed by atoms with Crippen molar-refractivity contribution in [1.82, 2.24) is 20.0 Å². The SMILES string of the molecule is CCNC(=NCCC(F)(F)F)N(C)Cc1cn(C)nc1C(C)C.I. The van der Waals surface area contributed by atoms with Gasteiger partial charge in [-0.2, -0.15) is 18.3 Å². The standard InChI is InChI=1S/C15H26F3N5.HI/c1-6-19-14(20-8-7-15(16,17)18)22(4)9-12-10-23(5)21-13(12)11(2)3;/h10-11H,6-9H2,1-5H3,(H,19,20);1H. The van der Waals surface area contributed by atoms with Crippen LogP contribution >= 0.6 is 24.0 Å². The molecule has 140 valence electrons. The zero-order chi connectivity index (χ0) is 17.6. The summed E-state index contributed by atoms with van der Waals surface area (Å²) < 4.78 is 38.6. The molecular weight excluding hydrogens is 434 g/mol. The van der Waals surface area contributed by atoms with E-state index >= 15 is 0 Å². The molecule has 0 fully saturated rings. The van der Waals surface area contributed by atoms with Crippen molar-refractivity contribution in [1.29, 1.82) is 0 Å². The summed E-state index contributed by atoms with van der Waals surface area (Å²) >= 11 is 0. The summed E-state index contributed by atoms with van der Waals surface area (Å²) in [5.74, 6) is 0.750. The van der Waals surface area contributed by atoms with E-state index in [1.54, 1.807) is 4.68 Å². The molecule has 0 aliphatic rings. The zero-order valence-electron chi connectivity index (χ0n) is 14.8. The summed E-state index contributed by atoms with van der Waals surface area (Å²) in [6, 6.07) is 0. The van der Waals surface area contributed by atoms with Gasteiger partial charge < -0.3 is 10.2 Å². The summed E-state index contributed by atoms with van der Waals surface area (Å²) in [5, 5.41) is 7.47. The van der Waals surface area contributed by atoms with Gasteiger partial charge in [0.2, 0.25) is 0 Å². The molecule has 5 nitrogen and oxygen atoms in total. The fourth-order valence-corrected chi connectivity index (χ4v) is 2.25. The van der Waals surface area contributed by atoms with Crippen molar-refractivity contribution in [2.24, 2.45) is 12.0 Å². The summed E-state index contributed by atoms with van der Waals surface area (Å²) in [6.45, 7) is 6.87. The van der Waals surface area contributed by atoms with Crippen LogP contribution in [0.15, 0.2) is 11.2 Å². The number of nitrogens with zero attached hydrogens (tertiary/aromatic N) is 4. The highest BCUT2D eigenvalue weighted by Gasteiger charge is 2.26. The van der Waals surface area contributed by atoms with Crippen LogP contribution in [0, 0.1) is 0 Å². The molecule has 1 heterocycles. The molecule has 0 radical (unpaired) electrons. The molecule has 0 amide bonds. The normalized spacial score (nSPS) is 12.3. The Morgan fingerprint density at radius 2 is 2.04 bits per heavy atom. The molecule has 0 aliphatic carbocycles. The Bertz CT molecular complexity index is 526. The van der Waals surface area contributed by atoms with Crippen molar-refractivity contribution in [2.75, 3.05) is 20.1 Å². The van der Waals surface area contributed by atoms with Crippen LogP contribution in [0.4, 0.5) is 13.2 Å². The van der Waals surface area contributed by atoms with Gasteiger partial charge in [0.05, 0.1) is 18.7 Å². The van der Waals surface area contributed by atoms with E-state index in [-0.39, 0.29) is 36.4 Å². The Balaban J connectivity index is 0.00000529. The second kappa shape index (κ2) is 10.1. The topological polar surface area (TPSA) is 45.5 Å². The monoisotopic (exact) mass is 461 g/mol. The van der Waals surface area contributed by atoms with Crippen LogP contribution in [-0.2, 0) is 13.6 Å². The molecule has 0 aliphatic heterocycles. The number of rotatable bonds is 6. The second-order valence-corrected chi connectivity index (χ2v) is 5.82. The van der Waals surface area contributed by atoms with Crippen LogP contribution in [0.2, 0.25) is 0 Å². The maximum Gasteiger partial charge on any atom is 0.390 e. The molecule has 0 aromatic carbocycles. The second-order valence-electron chi connectivity index (χ2n) is 5.82. The summed E-state index contributed by atoms with van der Waals surface area (Å²) in [5.41, 5.74) is 2.04. The molecule has 1 aromatic heterocycles. The van der Waals surface area contributed by atoms with Crippen molar-refractivity contribution in [3.05, 3.63) is 17.5 Å². The first-order chi connectivity index (χ1) is 10.6. The van der Waals surface area contributed by atoms with Gasteiger partial charge in [0, 0.05) is 38.9 Å². The van der Waals surface area contributed by atoms with E-state index in [2.05, 4.69) is 29.3 Å². The Hall–Kier alpha value is -1.00. The number of aryl methyl sites for hydroxylation is 1. The molecule has 0 unspecified atom stereocenters. The first-order valence-electron chi connectivity index (χ1n) is 7.72. The Labute approximate surface area is 158 Å². The predicted molar refractivity (Wildman–Crippen MR) is 101 cm³/mol. The van der Waals surface area contributed by atoms with Crippen molar-refractivity contribution < 1.29 is 13.2 Å². The van der Waals surface area contributed by atoms with E-state index in [1.165, 1.54) is 0 Å². The number of nitrogens with one attached hydrogen (secondary N) is 1. The van der Waals surface area contributed by atoms with E-state index < -0.39 is 12.6 Å². The molecule has 9 heteroatoms. The number of halogens is 4. The predicted octanol–water partition coefficient (Wildman–Crippen LogP) is 3.51. The van der Waals surface area contributed by atoms with Crippen molar-refractivity contribution >= 4 is 29.9 Å². The minimum absolute atomic E-state index is 0. The third-order valence-electron chi connectivity index (χ3n) is 3.24. The number of aliphatic imine (C=N–C) groups is 1. The van der Waals surface area contributed by atoms with Gasteiger partial charge in [0.25, 0.3) is 0 Å². The lowest BCUT2D eigenvalue weighted by Crippen LogP contribution is -2.38. The first-order valence-corrected chi connectivity index (χ1v) is 7.72. The molecule has 1 N–H and O–H groups in total. The largest absolute Gasteiger partial charge is 0.390 e. The molecule has 0 atom stereocenters. The maximum atomic E-state index is 12.3. The molecule has 0 saturated carbocycles. The maximum absolute atomic E-state index is 12.3. The minimum Gasteiger partial charge on any atom is -0.357 e. The number of guanidine groups is 1. The fraction of sp³-hybridized carbons (Fsp3) is 0.733. The van der Waals surface area contributed by atoms with Crippen molar-refractivity contribution in [3.8, 4) is 0 Å². The molecule has 1 rings (SSSR count). The van der Waals surface area contributed by atoms with E-state index in [1.807, 2.05) is 32.1 Å². The number of hydrogen-bond acceptors (Lipinski definition) is 2. The highest BCUT2D eigenvalue weighted by atomic mass is 127. The third kappa shape index (κ3) is 7.71. The lowest BCUT2D eigenvalue weighted by atomic mass is 10.1. The van der Waals surface area contributed by atoms with Gasteiger partial charge in [-0.3, -0.25) is 9.67 Å². The third-order valence-corrected chi connectivity index (χ3v) is 3.24. The minimum atomic E-state index is -4.19. The lowest BCUT2D eigenvalue weighted by Gasteiger charge is -2.22. The molecule has 0 saturated heterocycles. The zero-order valence-corrected chi connectivity index (χ0v) is 17.1. The molecule has 24 heavy (non-hydrogen) atoms. The highest BCUT2D eigenvalue weighted by Crippen LogP contribution is 2.20. The number of hydrogen-bond donors (Lipinski definition) is 1. The van der Waals surface area contributed by atoms with E-state index in [0.717, 1.165) is 11.3 Å². The summed E-state index contributed by atoms with van der Waals surface area (Å²) in [6.07, 6.45) is -3.17. The number of aromatic nitrogens is 2.